The molecular formula is C27H24FN5O3. The fourth-order valence-corrected chi connectivity index (χ4v) is 4.11. The van der Waals surface area contributed by atoms with E-state index in [9.17, 15) is 14.0 Å². The number of halogens is 1. The van der Waals surface area contributed by atoms with E-state index in [4.69, 9.17) is 4.74 Å². The zero-order valence-corrected chi connectivity index (χ0v) is 19.5. The number of piperazine rings is 1. The van der Waals surface area contributed by atoms with Crippen LogP contribution in [-0.4, -0.2) is 64.3 Å². The summed E-state index contributed by atoms with van der Waals surface area (Å²) < 4.78 is 20.9. The van der Waals surface area contributed by atoms with Crippen molar-refractivity contribution in [3.63, 3.8) is 0 Å². The molecule has 1 fully saturated rings. The number of anilines is 1. The summed E-state index contributed by atoms with van der Waals surface area (Å²) in [7, 11) is 0. The van der Waals surface area contributed by atoms with Crippen molar-refractivity contribution in [2.75, 3.05) is 37.7 Å². The molecule has 1 aliphatic rings. The number of carbonyl (C=O) groups excluding carboxylic acids is 2. The molecule has 8 nitrogen and oxygen atoms in total. The van der Waals surface area contributed by atoms with Gasteiger partial charge in [0.2, 0.25) is 0 Å². The largest absolute Gasteiger partial charge is 0.450 e. The molecule has 36 heavy (non-hydrogen) atoms. The van der Waals surface area contributed by atoms with Gasteiger partial charge in [-0.3, -0.25) is 4.79 Å². The van der Waals surface area contributed by atoms with Crippen LogP contribution in [0.1, 0.15) is 10.6 Å². The Hall–Kier alpha value is -4.53. The van der Waals surface area contributed by atoms with E-state index in [0.717, 1.165) is 11.3 Å². The first-order valence-electron chi connectivity index (χ1n) is 11.6. The first-order chi connectivity index (χ1) is 17.6. The van der Waals surface area contributed by atoms with Gasteiger partial charge in [0.1, 0.15) is 5.82 Å². The number of amides is 1. The van der Waals surface area contributed by atoms with Gasteiger partial charge < -0.3 is 14.5 Å². The summed E-state index contributed by atoms with van der Waals surface area (Å²) in [6.45, 7) is 1.38. The maximum absolute atomic E-state index is 14.1. The summed E-state index contributed by atoms with van der Waals surface area (Å²) in [6.07, 6.45) is 0. The van der Waals surface area contributed by atoms with Gasteiger partial charge in [-0.15, -0.1) is 5.10 Å². The summed E-state index contributed by atoms with van der Waals surface area (Å²) in [5.74, 6) is -1.02. The molecule has 2 heterocycles. The third-order valence-corrected chi connectivity index (χ3v) is 5.97. The number of aromatic nitrogens is 3. The Balaban J connectivity index is 1.24. The lowest BCUT2D eigenvalue weighted by Crippen LogP contribution is -2.50. The quantitative estimate of drug-likeness (QED) is 0.389. The van der Waals surface area contributed by atoms with Gasteiger partial charge in [-0.1, -0.05) is 60.7 Å². The molecule has 1 saturated heterocycles. The van der Waals surface area contributed by atoms with Crippen LogP contribution in [0.5, 0.6) is 0 Å². The van der Waals surface area contributed by atoms with Gasteiger partial charge in [-0.25, -0.2) is 18.9 Å². The van der Waals surface area contributed by atoms with Crippen LogP contribution >= 0.6 is 0 Å². The monoisotopic (exact) mass is 485 g/mol. The molecule has 0 atom stereocenters. The fraction of sp³-hybridized carbons (Fsp3) is 0.185. The Morgan fingerprint density at radius 3 is 2.17 bits per heavy atom. The Morgan fingerprint density at radius 2 is 1.47 bits per heavy atom. The highest BCUT2D eigenvalue weighted by atomic mass is 19.1. The van der Waals surface area contributed by atoms with Crippen LogP contribution in [0.2, 0.25) is 0 Å². The van der Waals surface area contributed by atoms with Gasteiger partial charge in [0, 0.05) is 31.7 Å². The maximum atomic E-state index is 14.1. The van der Waals surface area contributed by atoms with Crippen LogP contribution in [0.4, 0.5) is 10.1 Å². The summed E-state index contributed by atoms with van der Waals surface area (Å²) in [6, 6.07) is 25.3. The molecule has 9 heteroatoms. The first-order valence-corrected chi connectivity index (χ1v) is 11.6. The lowest BCUT2D eigenvalue weighted by molar-refractivity contribution is -0.134. The van der Waals surface area contributed by atoms with Crippen LogP contribution in [0.25, 0.3) is 17.1 Å². The van der Waals surface area contributed by atoms with E-state index in [1.54, 1.807) is 27.8 Å². The van der Waals surface area contributed by atoms with E-state index in [1.807, 2.05) is 65.6 Å². The molecule has 0 radical (unpaired) electrons. The third kappa shape index (κ3) is 4.95. The zero-order chi connectivity index (χ0) is 24.9. The molecule has 0 N–H and O–H groups in total. The van der Waals surface area contributed by atoms with Crippen LogP contribution in [-0.2, 0) is 9.53 Å². The summed E-state index contributed by atoms with van der Waals surface area (Å²) >= 11 is 0. The topological polar surface area (TPSA) is 80.6 Å². The van der Waals surface area contributed by atoms with E-state index in [2.05, 4.69) is 10.1 Å². The molecule has 0 unspecified atom stereocenters. The highest BCUT2D eigenvalue weighted by molar-refractivity contribution is 5.88. The van der Waals surface area contributed by atoms with E-state index in [0.29, 0.717) is 37.7 Å². The summed E-state index contributed by atoms with van der Waals surface area (Å²) in [5, 5.41) is 4.36. The predicted molar refractivity (Wildman–Crippen MR) is 132 cm³/mol. The molecule has 4 aromatic rings. The predicted octanol–water partition coefficient (Wildman–Crippen LogP) is 3.58. The Labute approximate surface area is 207 Å². The third-order valence-electron chi connectivity index (χ3n) is 5.97. The van der Waals surface area contributed by atoms with Crippen molar-refractivity contribution in [1.82, 2.24) is 19.7 Å². The standard InChI is InChI=1S/C27H24FN5O3/c28-22-13-7-8-14-23(22)31-15-17-32(18-16-31)24(34)19-36-27(35)25-29-26(20-9-3-1-4-10-20)33(30-25)21-11-5-2-6-12-21/h1-14H,15-19H2. The molecule has 0 saturated carbocycles. The van der Waals surface area contributed by atoms with E-state index >= 15 is 0 Å². The minimum atomic E-state index is -0.778. The summed E-state index contributed by atoms with van der Waals surface area (Å²) in [4.78, 5) is 33.3. The SMILES string of the molecule is O=C(OCC(=O)N1CCN(c2ccccc2F)CC1)c1nc(-c2ccccc2)n(-c2ccccc2)n1. The molecule has 5 rings (SSSR count). The van der Waals surface area contributed by atoms with Crippen molar-refractivity contribution in [3.05, 3.63) is 96.6 Å². The highest BCUT2D eigenvalue weighted by Gasteiger charge is 2.25. The van der Waals surface area contributed by atoms with E-state index in [1.165, 1.54) is 6.07 Å². The number of hydrogen-bond acceptors (Lipinski definition) is 6. The lowest BCUT2D eigenvalue weighted by Gasteiger charge is -2.36. The normalized spacial score (nSPS) is 13.5. The molecule has 182 valence electrons. The number of esters is 1. The Morgan fingerprint density at radius 1 is 0.833 bits per heavy atom. The molecule has 1 aliphatic heterocycles. The van der Waals surface area contributed by atoms with Gasteiger partial charge in [-0.05, 0) is 24.3 Å². The smallest absolute Gasteiger partial charge is 0.378 e. The number of rotatable bonds is 6. The van der Waals surface area contributed by atoms with Crippen LogP contribution in [0.15, 0.2) is 84.9 Å². The number of para-hydroxylation sites is 2. The van der Waals surface area contributed by atoms with Gasteiger partial charge in [0.05, 0.1) is 11.4 Å². The molecule has 1 aromatic heterocycles. The van der Waals surface area contributed by atoms with Crippen molar-refractivity contribution < 1.29 is 18.7 Å². The number of benzene rings is 3. The molecule has 1 amide bonds. The van der Waals surface area contributed by atoms with Gasteiger partial charge in [0.25, 0.3) is 11.7 Å². The second kappa shape index (κ2) is 10.4. The fourth-order valence-electron chi connectivity index (χ4n) is 4.11. The average Bonchev–Trinajstić information content (AvgIpc) is 3.39. The molecule has 3 aromatic carbocycles. The second-order valence-electron chi connectivity index (χ2n) is 8.27. The number of carbonyl (C=O) groups is 2. The minimum Gasteiger partial charge on any atom is -0.450 e. The van der Waals surface area contributed by atoms with Crippen LogP contribution in [0.3, 0.4) is 0 Å². The maximum Gasteiger partial charge on any atom is 0.378 e. The molecule has 0 bridgehead atoms. The van der Waals surface area contributed by atoms with Crippen LogP contribution in [0, 0.1) is 5.82 Å². The Bertz CT molecular complexity index is 1300. The lowest BCUT2D eigenvalue weighted by atomic mass is 10.2. The van der Waals surface area contributed by atoms with Crippen LogP contribution < -0.4 is 4.90 Å². The zero-order valence-electron chi connectivity index (χ0n) is 19.5. The minimum absolute atomic E-state index is 0.130. The van der Waals surface area contributed by atoms with Gasteiger partial charge in [-0.2, -0.15) is 0 Å². The average molecular weight is 486 g/mol. The number of hydrogen-bond donors (Lipinski definition) is 0. The molecule has 0 spiro atoms. The number of nitrogens with zero attached hydrogens (tertiary/aromatic N) is 5. The van der Waals surface area contributed by atoms with Gasteiger partial charge in [0.15, 0.2) is 12.4 Å². The van der Waals surface area contributed by atoms with Gasteiger partial charge >= 0.3 is 5.97 Å². The highest BCUT2D eigenvalue weighted by Crippen LogP contribution is 2.22. The molecule has 0 aliphatic carbocycles. The number of ether oxygens (including phenoxy) is 1. The Kier molecular flexibility index (Phi) is 6.70. The summed E-state index contributed by atoms with van der Waals surface area (Å²) in [5.41, 5.74) is 2.05. The van der Waals surface area contributed by atoms with Crippen molar-refractivity contribution in [2.45, 2.75) is 0 Å². The first kappa shape index (κ1) is 23.2. The van der Waals surface area contributed by atoms with Crippen molar-refractivity contribution in [2.24, 2.45) is 0 Å². The van der Waals surface area contributed by atoms with Crippen molar-refractivity contribution in [1.29, 1.82) is 0 Å². The van der Waals surface area contributed by atoms with Crippen molar-refractivity contribution in [3.8, 4) is 17.1 Å². The second-order valence-corrected chi connectivity index (χ2v) is 8.27. The van der Waals surface area contributed by atoms with E-state index in [-0.39, 0.29) is 17.5 Å². The van der Waals surface area contributed by atoms with Crippen molar-refractivity contribution >= 4 is 17.6 Å². The van der Waals surface area contributed by atoms with E-state index < -0.39 is 12.6 Å². The molecular weight excluding hydrogens is 461 g/mol.